The number of carboxylic acids is 1. The van der Waals surface area contributed by atoms with Crippen LogP contribution in [0.4, 0.5) is 10.5 Å². The number of benzene rings is 3. The molecule has 3 aromatic rings. The molecule has 7 nitrogen and oxygen atoms in total. The van der Waals surface area contributed by atoms with E-state index in [1.165, 1.54) is 12.1 Å². The minimum atomic E-state index is -1.06. The lowest BCUT2D eigenvalue weighted by Gasteiger charge is -2.15. The molecule has 0 saturated heterocycles. The molecular formula is C28H28N2O5. The zero-order valence-electron chi connectivity index (χ0n) is 19.5. The number of carboxylic acid groups (broad SMARTS) is 1. The van der Waals surface area contributed by atoms with Gasteiger partial charge in [0.1, 0.15) is 12.6 Å². The van der Waals surface area contributed by atoms with E-state index in [4.69, 9.17) is 4.74 Å². The number of fused-ring (bicyclic) bond motifs is 3. The number of carbonyl (C=O) groups excluding carboxylic acids is 2. The first-order chi connectivity index (χ1) is 17.0. The van der Waals surface area contributed by atoms with Crippen LogP contribution in [0.1, 0.15) is 53.6 Å². The summed E-state index contributed by atoms with van der Waals surface area (Å²) in [7, 11) is 0. The van der Waals surface area contributed by atoms with Crippen LogP contribution in [-0.4, -0.2) is 35.7 Å². The second-order valence-electron chi connectivity index (χ2n) is 8.53. The molecule has 35 heavy (non-hydrogen) atoms. The van der Waals surface area contributed by atoms with Crippen LogP contribution in [0.2, 0.25) is 0 Å². The van der Waals surface area contributed by atoms with Crippen LogP contribution in [0.15, 0.2) is 72.8 Å². The van der Waals surface area contributed by atoms with E-state index in [0.29, 0.717) is 24.1 Å². The standard InChI is InChI=1S/C28H28N2O5/c1-2-3-12-25(27(32)33)30-26(31)18-13-15-19(16-14-18)29-28(34)35-17-24-22-10-6-4-8-20(22)21-9-5-7-11-23(21)24/h4-11,13-16,24-25H,2-3,12,17H2,1H3,(H,29,34)(H,30,31)(H,32,33)/t25-/m0/s1. The Bertz CT molecular complexity index is 1180. The number of amides is 2. The van der Waals surface area contributed by atoms with Gasteiger partial charge in [0.15, 0.2) is 0 Å². The van der Waals surface area contributed by atoms with Crippen LogP contribution in [0.3, 0.4) is 0 Å². The molecule has 180 valence electrons. The summed E-state index contributed by atoms with van der Waals surface area (Å²) in [5, 5.41) is 14.5. The van der Waals surface area contributed by atoms with Crippen molar-refractivity contribution in [1.29, 1.82) is 0 Å². The van der Waals surface area contributed by atoms with Gasteiger partial charge in [0.2, 0.25) is 0 Å². The van der Waals surface area contributed by atoms with Crippen molar-refractivity contribution in [2.24, 2.45) is 0 Å². The summed E-state index contributed by atoms with van der Waals surface area (Å²) < 4.78 is 5.54. The van der Waals surface area contributed by atoms with Gasteiger partial charge < -0.3 is 15.2 Å². The van der Waals surface area contributed by atoms with Crippen LogP contribution in [0.5, 0.6) is 0 Å². The van der Waals surface area contributed by atoms with Crippen molar-refractivity contribution >= 4 is 23.7 Å². The molecule has 0 spiro atoms. The van der Waals surface area contributed by atoms with Crippen molar-refractivity contribution in [3.63, 3.8) is 0 Å². The number of nitrogens with one attached hydrogen (secondary N) is 2. The van der Waals surface area contributed by atoms with Crippen LogP contribution >= 0.6 is 0 Å². The highest BCUT2D eigenvalue weighted by Gasteiger charge is 2.29. The predicted octanol–water partition coefficient (Wildman–Crippen LogP) is 5.42. The van der Waals surface area contributed by atoms with Gasteiger partial charge in [-0.3, -0.25) is 10.1 Å². The third kappa shape index (κ3) is 5.51. The number of aliphatic carboxylic acids is 1. The fourth-order valence-corrected chi connectivity index (χ4v) is 4.36. The highest BCUT2D eigenvalue weighted by atomic mass is 16.5. The maximum atomic E-state index is 12.5. The van der Waals surface area contributed by atoms with Gasteiger partial charge in [0.25, 0.3) is 5.91 Å². The maximum absolute atomic E-state index is 12.5. The Morgan fingerprint density at radius 3 is 2.09 bits per heavy atom. The first-order valence-corrected chi connectivity index (χ1v) is 11.7. The average Bonchev–Trinajstić information content (AvgIpc) is 3.19. The molecule has 1 atom stereocenters. The number of unbranched alkanes of at least 4 members (excludes halogenated alkanes) is 1. The zero-order valence-corrected chi connectivity index (χ0v) is 19.5. The summed E-state index contributed by atoms with van der Waals surface area (Å²) in [5.74, 6) is -1.56. The lowest BCUT2D eigenvalue weighted by Crippen LogP contribution is -2.40. The Hall–Kier alpha value is -4.13. The summed E-state index contributed by atoms with van der Waals surface area (Å²) in [5.41, 5.74) is 5.37. The molecule has 4 rings (SSSR count). The maximum Gasteiger partial charge on any atom is 0.411 e. The van der Waals surface area contributed by atoms with E-state index in [1.54, 1.807) is 12.1 Å². The highest BCUT2D eigenvalue weighted by molar-refractivity contribution is 5.97. The summed E-state index contributed by atoms with van der Waals surface area (Å²) in [4.78, 5) is 36.2. The van der Waals surface area contributed by atoms with Gasteiger partial charge >= 0.3 is 12.1 Å². The number of carbonyl (C=O) groups is 3. The molecule has 0 aliphatic heterocycles. The molecule has 7 heteroatoms. The van der Waals surface area contributed by atoms with Crippen molar-refractivity contribution in [2.75, 3.05) is 11.9 Å². The van der Waals surface area contributed by atoms with E-state index in [1.807, 2.05) is 31.2 Å². The average molecular weight is 473 g/mol. The zero-order chi connectivity index (χ0) is 24.8. The first-order valence-electron chi connectivity index (χ1n) is 11.7. The van der Waals surface area contributed by atoms with E-state index >= 15 is 0 Å². The number of rotatable bonds is 9. The molecular weight excluding hydrogens is 444 g/mol. The lowest BCUT2D eigenvalue weighted by molar-refractivity contribution is -0.139. The quantitative estimate of drug-likeness (QED) is 0.386. The third-order valence-corrected chi connectivity index (χ3v) is 6.19. The number of hydrogen-bond acceptors (Lipinski definition) is 4. The molecule has 1 aliphatic rings. The SMILES string of the molecule is CCCC[C@H](NC(=O)c1ccc(NC(=O)OCC2c3ccccc3-c3ccccc32)cc1)C(=O)O. The molecule has 0 radical (unpaired) electrons. The van der Waals surface area contributed by atoms with Crippen LogP contribution < -0.4 is 10.6 Å². The molecule has 2 amide bonds. The van der Waals surface area contributed by atoms with Gasteiger partial charge in [-0.1, -0.05) is 68.3 Å². The lowest BCUT2D eigenvalue weighted by atomic mass is 9.98. The number of anilines is 1. The molecule has 3 aromatic carbocycles. The van der Waals surface area contributed by atoms with Gasteiger partial charge in [-0.15, -0.1) is 0 Å². The predicted molar refractivity (Wildman–Crippen MR) is 134 cm³/mol. The summed E-state index contributed by atoms with van der Waals surface area (Å²) in [6.07, 6.45) is 1.34. The molecule has 0 aromatic heterocycles. The van der Waals surface area contributed by atoms with Crippen LogP contribution in [0.25, 0.3) is 11.1 Å². The van der Waals surface area contributed by atoms with E-state index < -0.39 is 24.0 Å². The molecule has 3 N–H and O–H groups in total. The Labute approximate surface area is 204 Å². The van der Waals surface area contributed by atoms with Crippen molar-refractivity contribution < 1.29 is 24.2 Å². The van der Waals surface area contributed by atoms with Crippen molar-refractivity contribution in [3.05, 3.63) is 89.5 Å². The summed E-state index contributed by atoms with van der Waals surface area (Å²) in [6.45, 7) is 2.16. The highest BCUT2D eigenvalue weighted by Crippen LogP contribution is 2.44. The van der Waals surface area contributed by atoms with Crippen LogP contribution in [-0.2, 0) is 9.53 Å². The van der Waals surface area contributed by atoms with E-state index in [0.717, 1.165) is 28.7 Å². The van der Waals surface area contributed by atoms with E-state index in [2.05, 4.69) is 34.9 Å². The minimum Gasteiger partial charge on any atom is -0.480 e. The second-order valence-corrected chi connectivity index (χ2v) is 8.53. The minimum absolute atomic E-state index is 0.0332. The number of ether oxygens (including phenoxy) is 1. The van der Waals surface area contributed by atoms with E-state index in [9.17, 15) is 19.5 Å². The number of hydrogen-bond donors (Lipinski definition) is 3. The van der Waals surface area contributed by atoms with Crippen molar-refractivity contribution in [3.8, 4) is 11.1 Å². The van der Waals surface area contributed by atoms with Crippen molar-refractivity contribution in [2.45, 2.75) is 38.1 Å². The molecule has 0 heterocycles. The van der Waals surface area contributed by atoms with Gasteiger partial charge in [-0.2, -0.15) is 0 Å². The molecule has 1 aliphatic carbocycles. The van der Waals surface area contributed by atoms with Gasteiger partial charge in [-0.25, -0.2) is 9.59 Å². The van der Waals surface area contributed by atoms with E-state index in [-0.39, 0.29) is 12.5 Å². The van der Waals surface area contributed by atoms with Crippen LogP contribution in [0, 0.1) is 0 Å². The van der Waals surface area contributed by atoms with Gasteiger partial charge in [0, 0.05) is 17.2 Å². The van der Waals surface area contributed by atoms with Gasteiger partial charge in [0.05, 0.1) is 0 Å². The fraction of sp³-hybridized carbons (Fsp3) is 0.250. The Morgan fingerprint density at radius 1 is 0.914 bits per heavy atom. The van der Waals surface area contributed by atoms with Gasteiger partial charge in [-0.05, 0) is 52.9 Å². The largest absolute Gasteiger partial charge is 0.480 e. The Balaban J connectivity index is 1.34. The second kappa shape index (κ2) is 10.9. The molecule has 0 bridgehead atoms. The molecule has 0 unspecified atom stereocenters. The Kier molecular flexibility index (Phi) is 7.45. The molecule has 0 saturated carbocycles. The summed E-state index contributed by atoms with van der Waals surface area (Å²) in [6, 6.07) is 21.5. The monoisotopic (exact) mass is 472 g/mol. The Morgan fingerprint density at radius 2 is 1.51 bits per heavy atom. The topological polar surface area (TPSA) is 105 Å². The first kappa shape index (κ1) is 24.0. The third-order valence-electron chi connectivity index (χ3n) is 6.19. The normalized spacial score (nSPS) is 12.8. The van der Waals surface area contributed by atoms with Crippen molar-refractivity contribution in [1.82, 2.24) is 5.32 Å². The molecule has 0 fully saturated rings. The fourth-order valence-electron chi connectivity index (χ4n) is 4.36. The summed E-state index contributed by atoms with van der Waals surface area (Å²) >= 11 is 0. The smallest absolute Gasteiger partial charge is 0.411 e.